The molecule has 1 aliphatic rings. The number of aromatic nitrogens is 2. The SMILES string of the molecule is O=c1[nH]c(CCl)nc2c1oc1ccc(C3CC3)cc12. The third-order valence-corrected chi connectivity index (χ3v) is 3.83. The van der Waals surface area contributed by atoms with Crippen molar-refractivity contribution >= 4 is 33.7 Å². The van der Waals surface area contributed by atoms with E-state index >= 15 is 0 Å². The lowest BCUT2D eigenvalue weighted by atomic mass is 10.1. The van der Waals surface area contributed by atoms with E-state index in [1.54, 1.807) is 0 Å². The van der Waals surface area contributed by atoms with E-state index in [9.17, 15) is 4.79 Å². The van der Waals surface area contributed by atoms with Gasteiger partial charge in [-0.2, -0.15) is 0 Å². The molecule has 5 heteroatoms. The maximum Gasteiger partial charge on any atom is 0.294 e. The van der Waals surface area contributed by atoms with Crippen molar-refractivity contribution in [2.75, 3.05) is 0 Å². The zero-order chi connectivity index (χ0) is 13.0. The Balaban J connectivity index is 2.09. The minimum Gasteiger partial charge on any atom is -0.449 e. The van der Waals surface area contributed by atoms with Crippen molar-refractivity contribution in [1.82, 2.24) is 9.97 Å². The van der Waals surface area contributed by atoms with Gasteiger partial charge in [0.1, 0.15) is 16.9 Å². The fraction of sp³-hybridized carbons (Fsp3) is 0.286. The second-order valence-corrected chi connectivity index (χ2v) is 5.22. The molecule has 2 heterocycles. The fourth-order valence-electron chi connectivity index (χ4n) is 2.45. The van der Waals surface area contributed by atoms with E-state index in [0.717, 1.165) is 5.39 Å². The van der Waals surface area contributed by atoms with E-state index in [-0.39, 0.29) is 17.0 Å². The first-order valence-electron chi connectivity index (χ1n) is 6.27. The van der Waals surface area contributed by atoms with Crippen LogP contribution in [0.2, 0.25) is 0 Å². The van der Waals surface area contributed by atoms with Crippen LogP contribution < -0.4 is 5.56 Å². The zero-order valence-electron chi connectivity index (χ0n) is 10.1. The molecule has 4 nitrogen and oxygen atoms in total. The van der Waals surface area contributed by atoms with E-state index in [1.807, 2.05) is 6.07 Å². The lowest BCUT2D eigenvalue weighted by Gasteiger charge is -1.97. The minimum atomic E-state index is -0.273. The highest BCUT2D eigenvalue weighted by atomic mass is 35.5. The summed E-state index contributed by atoms with van der Waals surface area (Å²) in [5, 5.41) is 0.900. The Hall–Kier alpha value is -1.81. The maximum atomic E-state index is 11.9. The van der Waals surface area contributed by atoms with E-state index in [0.29, 0.717) is 22.8 Å². The van der Waals surface area contributed by atoms with Crippen molar-refractivity contribution < 1.29 is 4.42 Å². The first-order chi connectivity index (χ1) is 9.26. The predicted molar refractivity (Wildman–Crippen MR) is 73.7 cm³/mol. The molecule has 0 atom stereocenters. The van der Waals surface area contributed by atoms with Crippen LogP contribution in [-0.2, 0) is 5.88 Å². The molecule has 0 aliphatic heterocycles. The average Bonchev–Trinajstić information content (AvgIpc) is 3.20. The molecule has 1 aromatic carbocycles. The van der Waals surface area contributed by atoms with Crippen LogP contribution in [-0.4, -0.2) is 9.97 Å². The molecule has 2 aromatic heterocycles. The van der Waals surface area contributed by atoms with Gasteiger partial charge in [0, 0.05) is 5.39 Å². The summed E-state index contributed by atoms with van der Waals surface area (Å²) >= 11 is 5.75. The zero-order valence-corrected chi connectivity index (χ0v) is 10.8. The molecule has 1 fully saturated rings. The Bertz CT molecular complexity index is 846. The van der Waals surface area contributed by atoms with Gasteiger partial charge in [-0.15, -0.1) is 11.6 Å². The number of benzene rings is 1. The van der Waals surface area contributed by atoms with Crippen molar-refractivity contribution in [3.8, 4) is 0 Å². The van der Waals surface area contributed by atoms with Crippen LogP contribution in [0.5, 0.6) is 0 Å². The molecule has 19 heavy (non-hydrogen) atoms. The predicted octanol–water partition coefficient (Wildman–Crippen LogP) is 3.29. The molecule has 0 bridgehead atoms. The molecule has 1 aliphatic carbocycles. The monoisotopic (exact) mass is 274 g/mol. The second-order valence-electron chi connectivity index (χ2n) is 4.96. The lowest BCUT2D eigenvalue weighted by Crippen LogP contribution is -2.09. The van der Waals surface area contributed by atoms with Crippen LogP contribution in [0.3, 0.4) is 0 Å². The number of hydrogen-bond acceptors (Lipinski definition) is 3. The van der Waals surface area contributed by atoms with Gasteiger partial charge in [0.25, 0.3) is 5.56 Å². The van der Waals surface area contributed by atoms with Crippen LogP contribution >= 0.6 is 11.6 Å². The third-order valence-electron chi connectivity index (χ3n) is 3.57. The van der Waals surface area contributed by atoms with Gasteiger partial charge >= 0.3 is 0 Å². The number of fused-ring (bicyclic) bond motifs is 3. The Labute approximate surface area is 113 Å². The number of hydrogen-bond donors (Lipinski definition) is 1. The van der Waals surface area contributed by atoms with Crippen LogP contribution in [0.1, 0.15) is 30.1 Å². The van der Waals surface area contributed by atoms with Gasteiger partial charge < -0.3 is 9.40 Å². The van der Waals surface area contributed by atoms with Crippen LogP contribution in [0.4, 0.5) is 0 Å². The highest BCUT2D eigenvalue weighted by molar-refractivity contribution is 6.16. The van der Waals surface area contributed by atoms with Gasteiger partial charge in [-0.1, -0.05) is 6.07 Å². The van der Waals surface area contributed by atoms with Crippen LogP contribution in [0.15, 0.2) is 27.4 Å². The first-order valence-corrected chi connectivity index (χ1v) is 6.81. The largest absolute Gasteiger partial charge is 0.449 e. The van der Waals surface area contributed by atoms with Crippen molar-refractivity contribution in [1.29, 1.82) is 0 Å². The molecule has 1 N–H and O–H groups in total. The summed E-state index contributed by atoms with van der Waals surface area (Å²) in [6.45, 7) is 0. The number of nitrogens with zero attached hydrogens (tertiary/aromatic N) is 1. The van der Waals surface area contributed by atoms with Gasteiger partial charge in [0.15, 0.2) is 0 Å². The Morgan fingerprint density at radius 2 is 2.26 bits per heavy atom. The van der Waals surface area contributed by atoms with Gasteiger partial charge in [0.2, 0.25) is 5.58 Å². The van der Waals surface area contributed by atoms with Crippen molar-refractivity contribution in [3.05, 3.63) is 39.9 Å². The van der Waals surface area contributed by atoms with E-state index in [2.05, 4.69) is 22.1 Å². The molecule has 0 amide bonds. The molecule has 0 radical (unpaired) electrons. The molecule has 0 unspecified atom stereocenters. The van der Waals surface area contributed by atoms with Gasteiger partial charge in [0.05, 0.1) is 5.88 Å². The molecule has 4 rings (SSSR count). The molecule has 3 aromatic rings. The van der Waals surface area contributed by atoms with Gasteiger partial charge in [-0.3, -0.25) is 4.79 Å². The number of rotatable bonds is 2. The fourth-order valence-corrected chi connectivity index (χ4v) is 2.58. The van der Waals surface area contributed by atoms with Crippen LogP contribution in [0.25, 0.3) is 22.1 Å². The Morgan fingerprint density at radius 3 is 3.00 bits per heavy atom. The average molecular weight is 275 g/mol. The molecule has 1 saturated carbocycles. The third kappa shape index (κ3) is 1.67. The maximum absolute atomic E-state index is 11.9. The summed E-state index contributed by atoms with van der Waals surface area (Å²) in [6.07, 6.45) is 2.48. The topological polar surface area (TPSA) is 58.9 Å². The van der Waals surface area contributed by atoms with E-state index in [1.165, 1.54) is 18.4 Å². The number of aromatic amines is 1. The Morgan fingerprint density at radius 1 is 1.42 bits per heavy atom. The van der Waals surface area contributed by atoms with Crippen molar-refractivity contribution in [2.45, 2.75) is 24.6 Å². The molecular weight excluding hydrogens is 264 g/mol. The summed E-state index contributed by atoms with van der Waals surface area (Å²) in [5.41, 5.74) is 2.60. The summed E-state index contributed by atoms with van der Waals surface area (Å²) in [5.74, 6) is 1.31. The summed E-state index contributed by atoms with van der Waals surface area (Å²) < 4.78 is 5.59. The highest BCUT2D eigenvalue weighted by Gasteiger charge is 2.24. The minimum absolute atomic E-state index is 0.181. The molecular formula is C14H11ClN2O2. The second kappa shape index (κ2) is 3.84. The normalized spacial score (nSPS) is 15.4. The lowest BCUT2D eigenvalue weighted by molar-refractivity contribution is 0.660. The van der Waals surface area contributed by atoms with Gasteiger partial charge in [-0.25, -0.2) is 4.98 Å². The van der Waals surface area contributed by atoms with E-state index < -0.39 is 0 Å². The number of halogens is 1. The first kappa shape index (κ1) is 11.1. The highest BCUT2D eigenvalue weighted by Crippen LogP contribution is 2.41. The molecule has 0 spiro atoms. The van der Waals surface area contributed by atoms with E-state index in [4.69, 9.17) is 16.0 Å². The van der Waals surface area contributed by atoms with Crippen LogP contribution in [0, 0.1) is 0 Å². The van der Waals surface area contributed by atoms with Gasteiger partial charge in [-0.05, 0) is 36.5 Å². The van der Waals surface area contributed by atoms with Crippen molar-refractivity contribution in [3.63, 3.8) is 0 Å². The Kier molecular flexibility index (Phi) is 2.23. The summed E-state index contributed by atoms with van der Waals surface area (Å²) in [7, 11) is 0. The number of alkyl halides is 1. The number of nitrogens with one attached hydrogen (secondary N) is 1. The quantitative estimate of drug-likeness (QED) is 0.730. The molecule has 96 valence electrons. The smallest absolute Gasteiger partial charge is 0.294 e. The number of H-pyrrole nitrogens is 1. The van der Waals surface area contributed by atoms with Crippen molar-refractivity contribution in [2.24, 2.45) is 0 Å². The summed E-state index contributed by atoms with van der Waals surface area (Å²) in [4.78, 5) is 18.9. The number of furan rings is 1. The standard InChI is InChI=1S/C14H11ClN2O2/c15-6-11-16-12-9-5-8(7-1-2-7)3-4-10(9)19-13(12)14(18)17-11/h3-5,7H,1-2,6H2,(H,16,17,18). The molecule has 0 saturated heterocycles. The summed E-state index contributed by atoms with van der Waals surface area (Å²) in [6, 6.07) is 6.08.